The number of rotatable bonds is 5. The van der Waals surface area contributed by atoms with E-state index in [2.05, 4.69) is 55.4 Å². The highest BCUT2D eigenvalue weighted by Crippen LogP contribution is 2.12. The predicted molar refractivity (Wildman–Crippen MR) is 65.8 cm³/mol. The van der Waals surface area contributed by atoms with E-state index in [9.17, 15) is 0 Å². The van der Waals surface area contributed by atoms with Crippen molar-refractivity contribution in [2.75, 3.05) is 14.1 Å². The Labute approximate surface area is 93.3 Å². The summed E-state index contributed by atoms with van der Waals surface area (Å²) in [7, 11) is 4.16. The van der Waals surface area contributed by atoms with Crippen molar-refractivity contribution >= 4 is 0 Å². The average molecular weight is 206 g/mol. The second-order valence-corrected chi connectivity index (χ2v) is 4.31. The second-order valence-electron chi connectivity index (χ2n) is 4.31. The van der Waals surface area contributed by atoms with Gasteiger partial charge in [0.2, 0.25) is 0 Å². The molecule has 0 bridgehead atoms. The molecule has 84 valence electrons. The van der Waals surface area contributed by atoms with Crippen molar-refractivity contribution in [3.05, 3.63) is 35.4 Å². The summed E-state index contributed by atoms with van der Waals surface area (Å²) in [6.45, 7) is 6.42. The first-order valence-corrected chi connectivity index (χ1v) is 5.56. The van der Waals surface area contributed by atoms with Crippen LogP contribution < -0.4 is 5.32 Å². The molecule has 0 aliphatic heterocycles. The Balaban J connectivity index is 2.74. The van der Waals surface area contributed by atoms with Crippen LogP contribution in [0.15, 0.2) is 24.3 Å². The summed E-state index contributed by atoms with van der Waals surface area (Å²) < 4.78 is 0. The van der Waals surface area contributed by atoms with E-state index in [1.54, 1.807) is 0 Å². The Morgan fingerprint density at radius 3 is 2.33 bits per heavy atom. The van der Waals surface area contributed by atoms with Crippen LogP contribution in [0.1, 0.15) is 25.0 Å². The summed E-state index contributed by atoms with van der Waals surface area (Å²) in [6.07, 6.45) is 0. The highest BCUT2D eigenvalue weighted by molar-refractivity contribution is 5.26. The minimum atomic E-state index is 0.590. The van der Waals surface area contributed by atoms with Crippen LogP contribution in [0.3, 0.4) is 0 Å². The quantitative estimate of drug-likeness (QED) is 0.795. The van der Waals surface area contributed by atoms with Gasteiger partial charge in [-0.15, -0.1) is 0 Å². The van der Waals surface area contributed by atoms with Gasteiger partial charge in [-0.1, -0.05) is 24.3 Å². The number of hydrogen-bond donors (Lipinski definition) is 1. The van der Waals surface area contributed by atoms with E-state index in [1.807, 2.05) is 7.05 Å². The molecule has 0 aliphatic rings. The van der Waals surface area contributed by atoms with Gasteiger partial charge in [0.05, 0.1) is 0 Å². The lowest BCUT2D eigenvalue weighted by molar-refractivity contribution is 0.265. The molecule has 0 saturated heterocycles. The second kappa shape index (κ2) is 5.89. The van der Waals surface area contributed by atoms with E-state index in [-0.39, 0.29) is 0 Å². The van der Waals surface area contributed by atoms with Crippen molar-refractivity contribution in [1.82, 2.24) is 10.2 Å². The number of hydrogen-bond acceptors (Lipinski definition) is 2. The number of nitrogens with zero attached hydrogens (tertiary/aromatic N) is 1. The summed E-state index contributed by atoms with van der Waals surface area (Å²) in [5.41, 5.74) is 2.82. The van der Waals surface area contributed by atoms with Gasteiger partial charge in [-0.3, -0.25) is 4.90 Å². The van der Waals surface area contributed by atoms with E-state index in [1.165, 1.54) is 11.1 Å². The Kier molecular flexibility index (Phi) is 4.79. The number of nitrogens with one attached hydrogen (secondary N) is 1. The summed E-state index contributed by atoms with van der Waals surface area (Å²) in [5, 5.41) is 3.21. The summed E-state index contributed by atoms with van der Waals surface area (Å²) >= 11 is 0. The van der Waals surface area contributed by atoms with Crippen LogP contribution in [0.4, 0.5) is 0 Å². The smallest absolute Gasteiger partial charge is 0.0236 e. The average Bonchev–Trinajstić information content (AvgIpc) is 2.21. The zero-order valence-electron chi connectivity index (χ0n) is 10.2. The zero-order chi connectivity index (χ0) is 11.3. The van der Waals surface area contributed by atoms with Crippen molar-refractivity contribution in [3.63, 3.8) is 0 Å². The first-order valence-electron chi connectivity index (χ1n) is 5.56. The molecule has 0 fully saturated rings. The summed E-state index contributed by atoms with van der Waals surface area (Å²) in [4.78, 5) is 2.36. The maximum absolute atomic E-state index is 3.21. The molecule has 0 aliphatic carbocycles. The lowest BCUT2D eigenvalue weighted by Gasteiger charge is -2.22. The molecule has 2 nitrogen and oxygen atoms in total. The van der Waals surface area contributed by atoms with Crippen molar-refractivity contribution in [3.8, 4) is 0 Å². The summed E-state index contributed by atoms with van der Waals surface area (Å²) in [5.74, 6) is 0. The van der Waals surface area contributed by atoms with Gasteiger partial charge in [-0.25, -0.2) is 0 Å². The third kappa shape index (κ3) is 3.65. The van der Waals surface area contributed by atoms with Crippen LogP contribution >= 0.6 is 0 Å². The first-order chi connectivity index (χ1) is 7.15. The SMILES string of the molecule is CNCc1ccccc1CN(C)C(C)C. The first kappa shape index (κ1) is 12.2. The van der Waals surface area contributed by atoms with Crippen LogP contribution in [-0.4, -0.2) is 25.0 Å². The molecular weight excluding hydrogens is 184 g/mol. The van der Waals surface area contributed by atoms with Gasteiger partial charge in [0.15, 0.2) is 0 Å². The number of benzene rings is 1. The Bertz CT molecular complexity index is 294. The molecule has 0 saturated carbocycles. The van der Waals surface area contributed by atoms with Gasteiger partial charge in [0.25, 0.3) is 0 Å². The maximum atomic E-state index is 3.21. The molecule has 0 unspecified atom stereocenters. The van der Waals surface area contributed by atoms with Crippen molar-refractivity contribution < 1.29 is 0 Å². The minimum Gasteiger partial charge on any atom is -0.316 e. The molecule has 2 heteroatoms. The van der Waals surface area contributed by atoms with E-state index in [4.69, 9.17) is 0 Å². The zero-order valence-corrected chi connectivity index (χ0v) is 10.2. The van der Waals surface area contributed by atoms with Gasteiger partial charge < -0.3 is 5.32 Å². The molecule has 0 atom stereocenters. The topological polar surface area (TPSA) is 15.3 Å². The molecule has 1 aromatic carbocycles. The third-order valence-corrected chi connectivity index (χ3v) is 2.79. The molecule has 0 aromatic heterocycles. The largest absolute Gasteiger partial charge is 0.316 e. The molecule has 1 rings (SSSR count). The summed E-state index contributed by atoms with van der Waals surface area (Å²) in [6, 6.07) is 9.22. The molecular formula is C13H22N2. The Morgan fingerprint density at radius 1 is 1.20 bits per heavy atom. The molecule has 1 aromatic rings. The van der Waals surface area contributed by atoms with E-state index in [0.29, 0.717) is 6.04 Å². The van der Waals surface area contributed by atoms with Crippen molar-refractivity contribution in [2.45, 2.75) is 33.0 Å². The van der Waals surface area contributed by atoms with Gasteiger partial charge in [0, 0.05) is 19.1 Å². The lowest BCUT2D eigenvalue weighted by Crippen LogP contribution is -2.26. The van der Waals surface area contributed by atoms with Crippen molar-refractivity contribution in [1.29, 1.82) is 0 Å². The molecule has 1 N–H and O–H groups in total. The van der Waals surface area contributed by atoms with E-state index in [0.717, 1.165) is 13.1 Å². The maximum Gasteiger partial charge on any atom is 0.0236 e. The highest BCUT2D eigenvalue weighted by atomic mass is 15.1. The van der Waals surface area contributed by atoms with Crippen molar-refractivity contribution in [2.24, 2.45) is 0 Å². The van der Waals surface area contributed by atoms with E-state index < -0.39 is 0 Å². The van der Waals surface area contributed by atoms with E-state index >= 15 is 0 Å². The van der Waals surface area contributed by atoms with Gasteiger partial charge in [-0.2, -0.15) is 0 Å². The molecule has 0 amide bonds. The fourth-order valence-corrected chi connectivity index (χ4v) is 1.53. The lowest BCUT2D eigenvalue weighted by atomic mass is 10.1. The molecule has 0 spiro atoms. The normalized spacial score (nSPS) is 11.3. The van der Waals surface area contributed by atoms with Gasteiger partial charge >= 0.3 is 0 Å². The third-order valence-electron chi connectivity index (χ3n) is 2.79. The molecule has 0 heterocycles. The predicted octanol–water partition coefficient (Wildman–Crippen LogP) is 2.25. The minimum absolute atomic E-state index is 0.590. The van der Waals surface area contributed by atoms with Crippen LogP contribution in [-0.2, 0) is 13.1 Å². The van der Waals surface area contributed by atoms with Gasteiger partial charge in [0.1, 0.15) is 0 Å². The standard InChI is InChI=1S/C13H22N2/c1-11(2)15(4)10-13-8-6-5-7-12(13)9-14-3/h5-8,11,14H,9-10H2,1-4H3. The monoisotopic (exact) mass is 206 g/mol. The van der Waals surface area contributed by atoms with Gasteiger partial charge in [-0.05, 0) is 39.1 Å². The van der Waals surface area contributed by atoms with Crippen LogP contribution in [0.5, 0.6) is 0 Å². The van der Waals surface area contributed by atoms with Crippen LogP contribution in [0.2, 0.25) is 0 Å². The highest BCUT2D eigenvalue weighted by Gasteiger charge is 2.06. The fourth-order valence-electron chi connectivity index (χ4n) is 1.53. The fraction of sp³-hybridized carbons (Fsp3) is 0.538. The Morgan fingerprint density at radius 2 is 1.80 bits per heavy atom. The van der Waals surface area contributed by atoms with Crippen LogP contribution in [0.25, 0.3) is 0 Å². The van der Waals surface area contributed by atoms with Crippen LogP contribution in [0, 0.1) is 0 Å². The molecule has 15 heavy (non-hydrogen) atoms. The Hall–Kier alpha value is -0.860. The molecule has 0 radical (unpaired) electrons.